The van der Waals surface area contributed by atoms with Crippen LogP contribution >= 0.6 is 22.6 Å². The second-order valence-electron chi connectivity index (χ2n) is 6.15. The maximum absolute atomic E-state index is 10.0. The molecule has 1 heterocycles. The Balaban J connectivity index is 1.54. The number of ether oxygens (including phenoxy) is 3. The second kappa shape index (κ2) is 9.64. The minimum atomic E-state index is -0.775. The number of hydrogen-bond donors (Lipinski definition) is 1. The van der Waals surface area contributed by atoms with Gasteiger partial charge < -0.3 is 19.3 Å². The van der Waals surface area contributed by atoms with E-state index in [9.17, 15) is 5.11 Å². The quantitative estimate of drug-likeness (QED) is 0.512. The zero-order valence-electron chi connectivity index (χ0n) is 14.0. The Morgan fingerprint density at radius 2 is 1.56 bits per heavy atom. The highest BCUT2D eigenvalue weighted by molar-refractivity contribution is 14.1. The van der Waals surface area contributed by atoms with Crippen LogP contribution in [0.1, 0.15) is 17.5 Å². The number of alkyl halides is 1. The van der Waals surface area contributed by atoms with Gasteiger partial charge in [-0.25, -0.2) is 0 Å². The lowest BCUT2D eigenvalue weighted by Gasteiger charge is -2.37. The highest BCUT2D eigenvalue weighted by Gasteiger charge is 2.36. The number of benzene rings is 2. The first kappa shape index (κ1) is 18.8. The van der Waals surface area contributed by atoms with Crippen LogP contribution in [0.15, 0.2) is 60.7 Å². The van der Waals surface area contributed by atoms with Gasteiger partial charge in [-0.3, -0.25) is 0 Å². The van der Waals surface area contributed by atoms with Crippen molar-refractivity contribution in [2.24, 2.45) is 0 Å². The van der Waals surface area contributed by atoms with E-state index in [1.54, 1.807) is 0 Å². The molecule has 1 aliphatic heterocycles. The predicted molar refractivity (Wildman–Crippen MR) is 104 cm³/mol. The van der Waals surface area contributed by atoms with Gasteiger partial charge in [0.1, 0.15) is 6.10 Å². The fourth-order valence-corrected chi connectivity index (χ4v) is 3.48. The molecule has 0 saturated carbocycles. The van der Waals surface area contributed by atoms with Crippen LogP contribution in [-0.2, 0) is 27.4 Å². The number of aliphatic hydroxyl groups excluding tert-OH is 1. The fourth-order valence-electron chi connectivity index (χ4n) is 2.81. The van der Waals surface area contributed by atoms with Crippen molar-refractivity contribution >= 4 is 22.6 Å². The molecule has 0 aromatic heterocycles. The molecule has 0 spiro atoms. The largest absolute Gasteiger partial charge is 0.374 e. The van der Waals surface area contributed by atoms with Crippen LogP contribution in [0, 0.1) is 0 Å². The van der Waals surface area contributed by atoms with Crippen LogP contribution in [0.5, 0.6) is 0 Å². The van der Waals surface area contributed by atoms with E-state index in [0.29, 0.717) is 19.8 Å². The molecule has 1 N–H and O–H groups in total. The van der Waals surface area contributed by atoms with Crippen LogP contribution in [0.25, 0.3) is 0 Å². The molecule has 0 amide bonds. The molecule has 4 atom stereocenters. The van der Waals surface area contributed by atoms with Gasteiger partial charge in [0.25, 0.3) is 0 Å². The summed E-state index contributed by atoms with van der Waals surface area (Å²) < 4.78 is 17.6. The standard InChI is InChI=1S/C20H23IO4/c21-17-11-18(24-13-16-9-5-2-6-10-16)19(25-20(17)22)14-23-12-15-7-3-1-4-8-15/h1-10,17-20,22H,11-14H2. The summed E-state index contributed by atoms with van der Waals surface area (Å²) in [6, 6.07) is 20.1. The number of rotatable bonds is 7. The van der Waals surface area contributed by atoms with Crippen molar-refractivity contribution in [3.05, 3.63) is 71.8 Å². The molecule has 0 bridgehead atoms. The van der Waals surface area contributed by atoms with Crippen molar-refractivity contribution in [3.63, 3.8) is 0 Å². The molecule has 25 heavy (non-hydrogen) atoms. The van der Waals surface area contributed by atoms with Crippen LogP contribution in [0.4, 0.5) is 0 Å². The van der Waals surface area contributed by atoms with Crippen molar-refractivity contribution < 1.29 is 19.3 Å². The molecule has 4 unspecified atom stereocenters. The van der Waals surface area contributed by atoms with E-state index in [1.807, 2.05) is 60.7 Å². The van der Waals surface area contributed by atoms with Crippen molar-refractivity contribution in [2.75, 3.05) is 6.61 Å². The molecule has 2 aromatic carbocycles. The molecule has 134 valence electrons. The third-order valence-corrected chi connectivity index (χ3v) is 5.32. The van der Waals surface area contributed by atoms with Crippen LogP contribution in [-0.4, -0.2) is 34.1 Å². The summed E-state index contributed by atoms with van der Waals surface area (Å²) in [5.41, 5.74) is 2.25. The highest BCUT2D eigenvalue weighted by Crippen LogP contribution is 2.28. The van der Waals surface area contributed by atoms with Crippen LogP contribution < -0.4 is 0 Å². The first-order chi connectivity index (χ1) is 12.2. The monoisotopic (exact) mass is 454 g/mol. The van der Waals surface area contributed by atoms with Gasteiger partial charge in [0.15, 0.2) is 6.29 Å². The molecule has 5 heteroatoms. The Morgan fingerprint density at radius 3 is 2.20 bits per heavy atom. The van der Waals surface area contributed by atoms with Gasteiger partial charge in [0.05, 0.1) is 29.8 Å². The molecule has 1 fully saturated rings. The number of aliphatic hydroxyl groups is 1. The smallest absolute Gasteiger partial charge is 0.167 e. The van der Waals surface area contributed by atoms with Gasteiger partial charge in [-0.1, -0.05) is 83.3 Å². The topological polar surface area (TPSA) is 47.9 Å². The summed E-state index contributed by atoms with van der Waals surface area (Å²) in [5, 5.41) is 10.0. The molecule has 0 aliphatic carbocycles. The van der Waals surface area contributed by atoms with Gasteiger partial charge >= 0.3 is 0 Å². The van der Waals surface area contributed by atoms with Gasteiger partial charge in [0.2, 0.25) is 0 Å². The predicted octanol–water partition coefficient (Wildman–Crippen LogP) is 3.70. The molecule has 2 aromatic rings. The van der Waals surface area contributed by atoms with Crippen molar-refractivity contribution in [1.82, 2.24) is 0 Å². The molecule has 4 nitrogen and oxygen atoms in total. The lowest BCUT2D eigenvalue weighted by atomic mass is 10.0. The van der Waals surface area contributed by atoms with E-state index in [2.05, 4.69) is 22.6 Å². The summed E-state index contributed by atoms with van der Waals surface area (Å²) in [6.07, 6.45) is -0.397. The zero-order valence-corrected chi connectivity index (χ0v) is 16.1. The molecule has 3 rings (SSSR count). The van der Waals surface area contributed by atoms with Crippen LogP contribution in [0.3, 0.4) is 0 Å². The van der Waals surface area contributed by atoms with Gasteiger partial charge in [-0.15, -0.1) is 0 Å². The maximum atomic E-state index is 10.0. The van der Waals surface area contributed by atoms with E-state index in [1.165, 1.54) is 0 Å². The van der Waals surface area contributed by atoms with E-state index < -0.39 is 6.29 Å². The molecule has 1 aliphatic rings. The number of hydrogen-bond acceptors (Lipinski definition) is 4. The third-order valence-electron chi connectivity index (χ3n) is 4.20. The van der Waals surface area contributed by atoms with E-state index in [4.69, 9.17) is 14.2 Å². The first-order valence-corrected chi connectivity index (χ1v) is 9.72. The Hall–Kier alpha value is -0.990. The highest BCUT2D eigenvalue weighted by atomic mass is 127. The van der Waals surface area contributed by atoms with Crippen molar-refractivity contribution in [2.45, 2.75) is 42.1 Å². The minimum Gasteiger partial charge on any atom is -0.374 e. The Labute approximate surface area is 162 Å². The summed E-state index contributed by atoms with van der Waals surface area (Å²) >= 11 is 2.21. The average Bonchev–Trinajstić information content (AvgIpc) is 2.65. The lowest BCUT2D eigenvalue weighted by Crippen LogP contribution is -2.48. The zero-order chi connectivity index (χ0) is 17.5. The van der Waals surface area contributed by atoms with Crippen molar-refractivity contribution in [3.8, 4) is 0 Å². The molecular weight excluding hydrogens is 431 g/mol. The van der Waals surface area contributed by atoms with Gasteiger partial charge in [-0.05, 0) is 17.5 Å². The Bertz CT molecular complexity index is 622. The van der Waals surface area contributed by atoms with Gasteiger partial charge in [0, 0.05) is 0 Å². The van der Waals surface area contributed by atoms with Gasteiger partial charge in [-0.2, -0.15) is 0 Å². The minimum absolute atomic E-state index is 0.0174. The maximum Gasteiger partial charge on any atom is 0.167 e. The number of halogens is 1. The normalized spacial score (nSPS) is 26.5. The molecular formula is C20H23IO4. The van der Waals surface area contributed by atoms with E-state index >= 15 is 0 Å². The fraction of sp³-hybridized carbons (Fsp3) is 0.400. The van der Waals surface area contributed by atoms with Crippen LogP contribution in [0.2, 0.25) is 0 Å². The molecule has 1 saturated heterocycles. The van der Waals surface area contributed by atoms with E-state index in [-0.39, 0.29) is 16.1 Å². The summed E-state index contributed by atoms with van der Waals surface area (Å²) in [7, 11) is 0. The summed E-state index contributed by atoms with van der Waals surface area (Å²) in [5.74, 6) is 0. The lowest BCUT2D eigenvalue weighted by molar-refractivity contribution is -0.219. The Kier molecular flexibility index (Phi) is 7.24. The van der Waals surface area contributed by atoms with E-state index in [0.717, 1.165) is 17.5 Å². The average molecular weight is 454 g/mol. The Morgan fingerprint density at radius 1 is 0.960 bits per heavy atom. The SMILES string of the molecule is OC1OC(COCc2ccccc2)C(OCc2ccccc2)CC1I. The second-order valence-corrected chi connectivity index (χ2v) is 7.75. The van der Waals surface area contributed by atoms with Crippen molar-refractivity contribution in [1.29, 1.82) is 0 Å². The first-order valence-electron chi connectivity index (χ1n) is 8.47. The summed E-state index contributed by atoms with van der Waals surface area (Å²) in [4.78, 5) is 0. The molecule has 0 radical (unpaired) electrons. The summed E-state index contributed by atoms with van der Waals surface area (Å²) in [6.45, 7) is 1.45. The third kappa shape index (κ3) is 5.76.